The number of benzene rings is 1. The summed E-state index contributed by atoms with van der Waals surface area (Å²) in [5.41, 5.74) is 1.39. The molecule has 0 saturated heterocycles. The number of carboxylic acids is 1. The molecule has 5 nitrogen and oxygen atoms in total. The number of carboxylic acid groups (broad SMARTS) is 1. The van der Waals surface area contributed by atoms with E-state index in [1.807, 2.05) is 6.92 Å². The van der Waals surface area contributed by atoms with Gasteiger partial charge in [-0.2, -0.15) is 0 Å². The summed E-state index contributed by atoms with van der Waals surface area (Å²) in [4.78, 5) is 23.0. The third kappa shape index (κ3) is 4.68. The topological polar surface area (TPSA) is 78.4 Å². The molecule has 2 amide bonds. The summed E-state index contributed by atoms with van der Waals surface area (Å²) in [5, 5.41) is 14.7. The number of hydrogen-bond acceptors (Lipinski definition) is 2. The molecule has 0 heterocycles. The second-order valence-electron chi connectivity index (χ2n) is 6.23. The minimum atomic E-state index is -0.756. The molecule has 1 saturated carbocycles. The van der Waals surface area contributed by atoms with E-state index in [-0.39, 0.29) is 29.8 Å². The maximum Gasteiger partial charge on any atom is 0.315 e. The van der Waals surface area contributed by atoms with Gasteiger partial charge in [-0.25, -0.2) is 9.18 Å². The quantitative estimate of drug-likeness (QED) is 0.797. The molecule has 0 aromatic heterocycles. The molecule has 2 rings (SSSR count). The van der Waals surface area contributed by atoms with Crippen LogP contribution in [0.25, 0.3) is 0 Å². The van der Waals surface area contributed by atoms with E-state index >= 15 is 0 Å². The lowest BCUT2D eigenvalue weighted by atomic mass is 9.86. The first-order valence-corrected chi connectivity index (χ1v) is 7.92. The number of nitrogens with one attached hydrogen (secondary N) is 2. The zero-order chi connectivity index (χ0) is 17.0. The first-order valence-electron chi connectivity index (χ1n) is 7.92. The first-order chi connectivity index (χ1) is 10.9. The maximum atomic E-state index is 13.3. The number of halogens is 1. The molecule has 1 aliphatic carbocycles. The van der Waals surface area contributed by atoms with Gasteiger partial charge < -0.3 is 15.7 Å². The largest absolute Gasteiger partial charge is 0.481 e. The molecule has 3 N–H and O–H groups in total. The lowest BCUT2D eigenvalue weighted by Crippen LogP contribution is -2.44. The number of carbonyl (C=O) groups excluding carboxylic acids is 1. The Bertz CT molecular complexity index is 583. The summed E-state index contributed by atoms with van der Waals surface area (Å²) in [6, 6.07) is 4.27. The summed E-state index contributed by atoms with van der Waals surface area (Å²) in [6.45, 7) is 3.53. The number of aliphatic carboxylic acids is 1. The van der Waals surface area contributed by atoms with Gasteiger partial charge in [0, 0.05) is 6.04 Å². The lowest BCUT2D eigenvalue weighted by molar-refractivity contribution is -0.142. The summed E-state index contributed by atoms with van der Waals surface area (Å²) in [7, 11) is 0. The van der Waals surface area contributed by atoms with E-state index in [0.29, 0.717) is 31.2 Å². The fraction of sp³-hybridized carbons (Fsp3) is 0.529. The van der Waals surface area contributed by atoms with E-state index in [0.717, 1.165) is 5.56 Å². The van der Waals surface area contributed by atoms with Crippen molar-refractivity contribution in [2.45, 2.75) is 51.6 Å². The van der Waals surface area contributed by atoms with Gasteiger partial charge in [0.05, 0.1) is 12.0 Å². The molecule has 1 atom stereocenters. The van der Waals surface area contributed by atoms with Crippen LogP contribution in [-0.4, -0.2) is 23.1 Å². The van der Waals surface area contributed by atoms with Crippen molar-refractivity contribution in [1.82, 2.24) is 10.6 Å². The highest BCUT2D eigenvalue weighted by Crippen LogP contribution is 2.24. The van der Waals surface area contributed by atoms with Crippen molar-refractivity contribution in [3.05, 3.63) is 35.1 Å². The molecule has 1 aromatic rings. The van der Waals surface area contributed by atoms with Crippen LogP contribution in [0.2, 0.25) is 0 Å². The van der Waals surface area contributed by atoms with E-state index < -0.39 is 5.97 Å². The SMILES string of the molecule is Cc1cc(C(C)NC(=O)NC2CCC(C(=O)O)CC2)ccc1F. The Kier molecular flexibility index (Phi) is 5.58. The van der Waals surface area contributed by atoms with E-state index in [4.69, 9.17) is 5.11 Å². The average Bonchev–Trinajstić information content (AvgIpc) is 2.50. The second-order valence-corrected chi connectivity index (χ2v) is 6.23. The first kappa shape index (κ1) is 17.2. The van der Waals surface area contributed by atoms with Crippen LogP contribution in [0.3, 0.4) is 0 Å². The van der Waals surface area contributed by atoms with Crippen molar-refractivity contribution in [3.8, 4) is 0 Å². The van der Waals surface area contributed by atoms with E-state index in [1.54, 1.807) is 19.1 Å². The molecule has 0 spiro atoms. The summed E-state index contributed by atoms with van der Waals surface area (Å²) < 4.78 is 13.3. The third-order valence-electron chi connectivity index (χ3n) is 4.44. The smallest absolute Gasteiger partial charge is 0.315 e. The molecule has 126 valence electrons. The highest BCUT2D eigenvalue weighted by atomic mass is 19.1. The lowest BCUT2D eigenvalue weighted by Gasteiger charge is -2.27. The van der Waals surface area contributed by atoms with Crippen molar-refractivity contribution < 1.29 is 19.1 Å². The molecular formula is C17H23FN2O3. The highest BCUT2D eigenvalue weighted by molar-refractivity contribution is 5.75. The molecule has 1 aromatic carbocycles. The van der Waals surface area contributed by atoms with Crippen LogP contribution in [-0.2, 0) is 4.79 Å². The summed E-state index contributed by atoms with van der Waals surface area (Å²) in [6.07, 6.45) is 2.53. The molecule has 1 unspecified atom stereocenters. The number of amides is 2. The molecule has 1 aliphatic rings. The van der Waals surface area contributed by atoms with Crippen LogP contribution in [0, 0.1) is 18.7 Å². The zero-order valence-corrected chi connectivity index (χ0v) is 13.4. The fourth-order valence-electron chi connectivity index (χ4n) is 2.93. The second kappa shape index (κ2) is 7.44. The minimum absolute atomic E-state index is 0.00718. The number of aryl methyl sites for hydroxylation is 1. The molecular weight excluding hydrogens is 299 g/mol. The van der Waals surface area contributed by atoms with Crippen molar-refractivity contribution >= 4 is 12.0 Å². The van der Waals surface area contributed by atoms with Crippen molar-refractivity contribution in [3.63, 3.8) is 0 Å². The number of urea groups is 1. The Morgan fingerprint density at radius 3 is 2.48 bits per heavy atom. The molecule has 0 bridgehead atoms. The predicted octanol–water partition coefficient (Wildman–Crippen LogP) is 3.14. The van der Waals surface area contributed by atoms with Crippen molar-refractivity contribution in [2.24, 2.45) is 5.92 Å². The third-order valence-corrected chi connectivity index (χ3v) is 4.44. The Balaban J connectivity index is 1.82. The van der Waals surface area contributed by atoms with Gasteiger partial charge in [0.1, 0.15) is 5.82 Å². The van der Waals surface area contributed by atoms with E-state index in [1.165, 1.54) is 6.07 Å². The predicted molar refractivity (Wildman–Crippen MR) is 84.6 cm³/mol. The molecule has 23 heavy (non-hydrogen) atoms. The fourth-order valence-corrected chi connectivity index (χ4v) is 2.93. The van der Waals surface area contributed by atoms with Crippen LogP contribution >= 0.6 is 0 Å². The zero-order valence-electron chi connectivity index (χ0n) is 13.4. The van der Waals surface area contributed by atoms with Gasteiger partial charge in [-0.05, 0) is 56.7 Å². The Hall–Kier alpha value is -2.11. The molecule has 1 fully saturated rings. The molecule has 6 heteroatoms. The van der Waals surface area contributed by atoms with Gasteiger partial charge in [0.2, 0.25) is 0 Å². The summed E-state index contributed by atoms with van der Waals surface area (Å²) in [5.74, 6) is -1.31. The van der Waals surface area contributed by atoms with Crippen molar-refractivity contribution in [2.75, 3.05) is 0 Å². The van der Waals surface area contributed by atoms with Gasteiger partial charge in [0.25, 0.3) is 0 Å². The normalized spacial score (nSPS) is 22.2. The van der Waals surface area contributed by atoms with Crippen LogP contribution in [0.5, 0.6) is 0 Å². The Labute approximate surface area is 135 Å². The van der Waals surface area contributed by atoms with Crippen LogP contribution < -0.4 is 10.6 Å². The van der Waals surface area contributed by atoms with E-state index in [9.17, 15) is 14.0 Å². The van der Waals surface area contributed by atoms with E-state index in [2.05, 4.69) is 10.6 Å². The van der Waals surface area contributed by atoms with Crippen LogP contribution in [0.15, 0.2) is 18.2 Å². The van der Waals surface area contributed by atoms with Gasteiger partial charge in [-0.1, -0.05) is 12.1 Å². The van der Waals surface area contributed by atoms with Gasteiger partial charge >= 0.3 is 12.0 Å². The standard InChI is InChI=1S/C17H23FN2O3/c1-10-9-13(5-8-15(10)18)11(2)19-17(23)20-14-6-3-12(4-7-14)16(21)22/h5,8-9,11-12,14H,3-4,6-7H2,1-2H3,(H,21,22)(H2,19,20,23). The highest BCUT2D eigenvalue weighted by Gasteiger charge is 2.26. The van der Waals surface area contributed by atoms with Crippen LogP contribution in [0.1, 0.15) is 49.8 Å². The number of carbonyl (C=O) groups is 2. The van der Waals surface area contributed by atoms with Gasteiger partial charge in [-0.15, -0.1) is 0 Å². The average molecular weight is 322 g/mol. The molecule has 0 radical (unpaired) electrons. The van der Waals surface area contributed by atoms with Crippen molar-refractivity contribution in [1.29, 1.82) is 0 Å². The molecule has 0 aliphatic heterocycles. The minimum Gasteiger partial charge on any atom is -0.481 e. The van der Waals surface area contributed by atoms with Gasteiger partial charge in [0.15, 0.2) is 0 Å². The van der Waals surface area contributed by atoms with Crippen LogP contribution in [0.4, 0.5) is 9.18 Å². The number of rotatable bonds is 4. The summed E-state index contributed by atoms with van der Waals surface area (Å²) >= 11 is 0. The van der Waals surface area contributed by atoms with Gasteiger partial charge in [-0.3, -0.25) is 4.79 Å². The monoisotopic (exact) mass is 322 g/mol. The number of hydrogen-bond donors (Lipinski definition) is 3. The Morgan fingerprint density at radius 1 is 1.26 bits per heavy atom. The Morgan fingerprint density at radius 2 is 1.91 bits per heavy atom. The maximum absolute atomic E-state index is 13.3.